The molecule has 3 N–H and O–H groups in total. The van der Waals surface area contributed by atoms with Crippen LogP contribution >= 0.6 is 23.4 Å². The zero-order valence-electron chi connectivity index (χ0n) is 11.2. The van der Waals surface area contributed by atoms with Crippen LogP contribution in [0.25, 0.3) is 0 Å². The molecule has 6 nitrogen and oxygen atoms in total. The Bertz CT molecular complexity index is 574. The second-order valence-electron chi connectivity index (χ2n) is 4.08. The fourth-order valence-electron chi connectivity index (χ4n) is 1.50. The van der Waals surface area contributed by atoms with Gasteiger partial charge in [0, 0.05) is 5.69 Å². The van der Waals surface area contributed by atoms with E-state index in [2.05, 4.69) is 10.6 Å². The van der Waals surface area contributed by atoms with Crippen molar-refractivity contribution in [1.29, 1.82) is 5.26 Å². The number of carboxylic acid groups (broad SMARTS) is 1. The van der Waals surface area contributed by atoms with Gasteiger partial charge in [-0.3, -0.25) is 0 Å². The largest absolute Gasteiger partial charge is 0.480 e. The lowest BCUT2D eigenvalue weighted by Crippen LogP contribution is -2.43. The van der Waals surface area contributed by atoms with Crippen LogP contribution < -0.4 is 10.6 Å². The maximum atomic E-state index is 11.8. The second-order valence-corrected chi connectivity index (χ2v) is 5.47. The van der Waals surface area contributed by atoms with Gasteiger partial charge in [0.05, 0.1) is 10.6 Å². The number of hydrogen-bond acceptors (Lipinski definition) is 4. The predicted octanol–water partition coefficient (Wildman–Crippen LogP) is 2.54. The van der Waals surface area contributed by atoms with Gasteiger partial charge in [-0.1, -0.05) is 11.6 Å². The van der Waals surface area contributed by atoms with Crippen LogP contribution in [0.1, 0.15) is 12.0 Å². The van der Waals surface area contributed by atoms with Crippen molar-refractivity contribution in [3.63, 3.8) is 0 Å². The van der Waals surface area contributed by atoms with Crippen LogP contribution in [0.2, 0.25) is 5.02 Å². The number of carbonyl (C=O) groups excluding carboxylic acids is 1. The third-order valence-electron chi connectivity index (χ3n) is 2.56. The van der Waals surface area contributed by atoms with Crippen molar-refractivity contribution < 1.29 is 14.7 Å². The highest BCUT2D eigenvalue weighted by atomic mass is 35.5. The van der Waals surface area contributed by atoms with Crippen LogP contribution in [-0.2, 0) is 4.79 Å². The average Bonchev–Trinajstić information content (AvgIpc) is 2.43. The van der Waals surface area contributed by atoms with E-state index in [1.54, 1.807) is 0 Å². The van der Waals surface area contributed by atoms with Crippen molar-refractivity contribution in [3.8, 4) is 6.07 Å². The quantitative estimate of drug-likeness (QED) is 0.745. The first-order chi connectivity index (χ1) is 9.97. The molecular weight excluding hydrogens is 314 g/mol. The molecule has 0 heterocycles. The zero-order chi connectivity index (χ0) is 15.8. The fraction of sp³-hybridized carbons (Fsp3) is 0.308. The summed E-state index contributed by atoms with van der Waals surface area (Å²) in [4.78, 5) is 22.8. The summed E-state index contributed by atoms with van der Waals surface area (Å²) in [6.45, 7) is 0. The highest BCUT2D eigenvalue weighted by molar-refractivity contribution is 7.98. The number of amides is 2. The molecule has 0 unspecified atom stereocenters. The lowest BCUT2D eigenvalue weighted by atomic mass is 10.2. The summed E-state index contributed by atoms with van der Waals surface area (Å²) in [5.74, 6) is -0.461. The summed E-state index contributed by atoms with van der Waals surface area (Å²) < 4.78 is 0. The monoisotopic (exact) mass is 327 g/mol. The first kappa shape index (κ1) is 17.1. The van der Waals surface area contributed by atoms with Crippen molar-refractivity contribution in [2.24, 2.45) is 0 Å². The Labute approximate surface area is 131 Å². The topological polar surface area (TPSA) is 102 Å². The van der Waals surface area contributed by atoms with Gasteiger partial charge in [0.25, 0.3) is 0 Å². The Kier molecular flexibility index (Phi) is 6.85. The fourth-order valence-corrected chi connectivity index (χ4v) is 2.20. The number of carboxylic acids is 1. The van der Waals surface area contributed by atoms with Crippen LogP contribution in [0.5, 0.6) is 0 Å². The van der Waals surface area contributed by atoms with Crippen LogP contribution in [0.4, 0.5) is 10.5 Å². The van der Waals surface area contributed by atoms with Gasteiger partial charge in [-0.25, -0.2) is 9.59 Å². The molecule has 0 aliphatic carbocycles. The number of nitrogens with zero attached hydrogens (tertiary/aromatic N) is 1. The zero-order valence-corrected chi connectivity index (χ0v) is 12.8. The number of carbonyl (C=O) groups is 2. The van der Waals surface area contributed by atoms with E-state index in [1.165, 1.54) is 30.0 Å². The number of nitrogens with one attached hydrogen (secondary N) is 2. The minimum atomic E-state index is -1.09. The smallest absolute Gasteiger partial charge is 0.326 e. The predicted molar refractivity (Wildman–Crippen MR) is 82.7 cm³/mol. The minimum absolute atomic E-state index is 0.215. The van der Waals surface area contributed by atoms with E-state index in [0.717, 1.165) is 0 Å². The van der Waals surface area contributed by atoms with Crippen molar-refractivity contribution in [2.75, 3.05) is 17.3 Å². The van der Waals surface area contributed by atoms with E-state index in [9.17, 15) is 9.59 Å². The number of halogens is 1. The summed E-state index contributed by atoms with van der Waals surface area (Å²) in [5, 5.41) is 22.8. The molecule has 0 spiro atoms. The molecule has 0 radical (unpaired) electrons. The van der Waals surface area contributed by atoms with Crippen molar-refractivity contribution in [1.82, 2.24) is 5.32 Å². The molecule has 8 heteroatoms. The summed E-state index contributed by atoms with van der Waals surface area (Å²) in [6, 6.07) is 4.73. The van der Waals surface area contributed by atoms with Gasteiger partial charge in [0.2, 0.25) is 0 Å². The Morgan fingerprint density at radius 1 is 1.52 bits per heavy atom. The van der Waals surface area contributed by atoms with Gasteiger partial charge < -0.3 is 15.7 Å². The molecule has 21 heavy (non-hydrogen) atoms. The Balaban J connectivity index is 2.66. The Morgan fingerprint density at radius 3 is 2.76 bits per heavy atom. The van der Waals surface area contributed by atoms with Crippen molar-refractivity contribution in [3.05, 3.63) is 28.8 Å². The van der Waals surface area contributed by atoms with Gasteiger partial charge >= 0.3 is 12.0 Å². The molecule has 1 aromatic carbocycles. The number of hydrogen-bond donors (Lipinski definition) is 3. The first-order valence-corrected chi connectivity index (χ1v) is 7.74. The number of rotatable bonds is 6. The highest BCUT2D eigenvalue weighted by Crippen LogP contribution is 2.20. The number of benzene rings is 1. The normalized spacial score (nSPS) is 11.3. The Hall–Kier alpha value is -1.91. The van der Waals surface area contributed by atoms with Crippen LogP contribution in [-0.4, -0.2) is 35.2 Å². The third-order valence-corrected chi connectivity index (χ3v) is 3.52. The molecule has 0 saturated carbocycles. The summed E-state index contributed by atoms with van der Waals surface area (Å²) in [6.07, 6.45) is 2.19. The van der Waals surface area contributed by atoms with E-state index in [1.807, 2.05) is 12.3 Å². The van der Waals surface area contributed by atoms with Gasteiger partial charge in [0.1, 0.15) is 12.1 Å². The van der Waals surface area contributed by atoms with Crippen molar-refractivity contribution in [2.45, 2.75) is 12.5 Å². The molecule has 0 saturated heterocycles. The van der Waals surface area contributed by atoms with E-state index in [-0.39, 0.29) is 5.02 Å². The number of aliphatic carboxylic acids is 1. The molecule has 0 bridgehead atoms. The number of nitriles is 1. The number of urea groups is 1. The molecule has 1 rings (SSSR count). The lowest BCUT2D eigenvalue weighted by molar-refractivity contribution is -0.139. The SMILES string of the molecule is CSCC[C@H](NC(=O)Nc1ccc(C#N)c(Cl)c1)C(=O)O. The van der Waals surface area contributed by atoms with Gasteiger partial charge in [-0.05, 0) is 36.6 Å². The van der Waals surface area contributed by atoms with Gasteiger partial charge in [-0.2, -0.15) is 17.0 Å². The molecule has 112 valence electrons. The lowest BCUT2D eigenvalue weighted by Gasteiger charge is -2.14. The first-order valence-electron chi connectivity index (χ1n) is 5.96. The summed E-state index contributed by atoms with van der Waals surface area (Å²) >= 11 is 7.35. The van der Waals surface area contributed by atoms with E-state index in [0.29, 0.717) is 23.4 Å². The minimum Gasteiger partial charge on any atom is -0.480 e. The van der Waals surface area contributed by atoms with E-state index < -0.39 is 18.0 Å². The maximum absolute atomic E-state index is 11.8. The number of anilines is 1. The third kappa shape index (κ3) is 5.53. The van der Waals surface area contributed by atoms with Gasteiger partial charge in [-0.15, -0.1) is 0 Å². The number of thioether (sulfide) groups is 1. The standard InChI is InChI=1S/C13H14ClN3O3S/c1-21-5-4-11(12(18)19)17-13(20)16-9-3-2-8(7-15)10(14)6-9/h2-3,6,11H,4-5H2,1H3,(H,18,19)(H2,16,17,20)/t11-/m0/s1. The molecule has 0 aromatic heterocycles. The van der Waals surface area contributed by atoms with Crippen molar-refractivity contribution >= 4 is 41.1 Å². The van der Waals surface area contributed by atoms with Crippen LogP contribution in [0.15, 0.2) is 18.2 Å². The second kappa shape index (κ2) is 8.39. The summed E-state index contributed by atoms with van der Waals surface area (Å²) in [5.41, 5.74) is 0.677. The van der Waals surface area contributed by atoms with Crippen LogP contribution in [0.3, 0.4) is 0 Å². The molecular formula is C13H14ClN3O3S. The molecule has 1 atom stereocenters. The summed E-state index contributed by atoms with van der Waals surface area (Å²) in [7, 11) is 0. The molecule has 2 amide bonds. The van der Waals surface area contributed by atoms with E-state index in [4.69, 9.17) is 22.0 Å². The molecule has 0 aliphatic rings. The molecule has 1 aromatic rings. The molecule has 0 fully saturated rings. The average molecular weight is 328 g/mol. The van der Waals surface area contributed by atoms with Gasteiger partial charge in [0.15, 0.2) is 0 Å². The molecule has 0 aliphatic heterocycles. The van der Waals surface area contributed by atoms with E-state index >= 15 is 0 Å². The maximum Gasteiger partial charge on any atom is 0.326 e. The van der Waals surface area contributed by atoms with Crippen LogP contribution in [0, 0.1) is 11.3 Å². The highest BCUT2D eigenvalue weighted by Gasteiger charge is 2.19. The Morgan fingerprint density at radius 2 is 2.24 bits per heavy atom.